The lowest BCUT2D eigenvalue weighted by Crippen LogP contribution is -2.12. The van der Waals surface area contributed by atoms with Crippen LogP contribution < -0.4 is 4.74 Å². The average Bonchev–Trinajstić information content (AvgIpc) is 2.18. The van der Waals surface area contributed by atoms with Crippen LogP contribution in [-0.4, -0.2) is 11.7 Å². The van der Waals surface area contributed by atoms with Crippen molar-refractivity contribution in [1.82, 2.24) is 0 Å². The van der Waals surface area contributed by atoms with Gasteiger partial charge in [0.05, 0.1) is 12.7 Å². The Morgan fingerprint density at radius 1 is 1.35 bits per heavy atom. The molecule has 0 aliphatic rings. The van der Waals surface area contributed by atoms with Crippen LogP contribution in [0.5, 0.6) is 5.75 Å². The molecule has 2 nitrogen and oxygen atoms in total. The molecule has 1 rings (SSSR count). The molecule has 0 spiro atoms. The lowest BCUT2D eigenvalue weighted by Gasteiger charge is -2.19. The highest BCUT2D eigenvalue weighted by Crippen LogP contribution is 2.29. The molecule has 0 aromatic heterocycles. The van der Waals surface area contributed by atoms with Crippen LogP contribution in [0.2, 0.25) is 5.02 Å². The molecule has 0 saturated heterocycles. The molecule has 1 aromatic carbocycles. The Balaban J connectivity index is 2.70. The second-order valence-corrected chi connectivity index (χ2v) is 5.95. The smallest absolute Gasteiger partial charge is 0.125 e. The largest absolute Gasteiger partial charge is 0.493 e. The highest BCUT2D eigenvalue weighted by atomic mass is 35.5. The fourth-order valence-corrected chi connectivity index (χ4v) is 1.62. The number of hydrogen-bond donors (Lipinski definition) is 1. The summed E-state index contributed by atoms with van der Waals surface area (Å²) in [5.74, 6) is 0.716. The first-order chi connectivity index (χ1) is 7.79. The van der Waals surface area contributed by atoms with E-state index in [1.807, 2.05) is 6.07 Å². The maximum absolute atomic E-state index is 9.65. The number of aliphatic hydroxyl groups excluding tert-OH is 1. The first kappa shape index (κ1) is 14.3. The molecule has 0 heterocycles. The topological polar surface area (TPSA) is 29.5 Å². The third kappa shape index (κ3) is 4.97. The predicted molar refractivity (Wildman–Crippen MR) is 71.7 cm³/mol. The van der Waals surface area contributed by atoms with Crippen molar-refractivity contribution in [2.24, 2.45) is 5.41 Å². The van der Waals surface area contributed by atoms with Crippen LogP contribution in [-0.2, 0) is 0 Å². The summed E-state index contributed by atoms with van der Waals surface area (Å²) >= 11 is 5.90. The van der Waals surface area contributed by atoms with E-state index >= 15 is 0 Å². The molecule has 0 unspecified atom stereocenters. The van der Waals surface area contributed by atoms with Gasteiger partial charge in [-0.2, -0.15) is 0 Å². The normalized spacial score (nSPS) is 13.5. The van der Waals surface area contributed by atoms with Crippen molar-refractivity contribution in [2.45, 2.75) is 40.2 Å². The number of hydrogen-bond acceptors (Lipinski definition) is 2. The van der Waals surface area contributed by atoms with Crippen LogP contribution in [0, 0.1) is 5.41 Å². The molecule has 1 N–H and O–H groups in total. The van der Waals surface area contributed by atoms with Gasteiger partial charge in [-0.25, -0.2) is 0 Å². The second kappa shape index (κ2) is 5.74. The average molecular weight is 257 g/mol. The van der Waals surface area contributed by atoms with Crippen LogP contribution in [0.1, 0.15) is 45.8 Å². The van der Waals surface area contributed by atoms with E-state index in [0.29, 0.717) is 17.4 Å². The van der Waals surface area contributed by atoms with Crippen molar-refractivity contribution >= 4 is 11.6 Å². The molecule has 0 fully saturated rings. The minimum Gasteiger partial charge on any atom is -0.493 e. The predicted octanol–water partition coefficient (Wildman–Crippen LogP) is 4.21. The molecule has 17 heavy (non-hydrogen) atoms. The zero-order valence-electron chi connectivity index (χ0n) is 11.0. The van der Waals surface area contributed by atoms with Gasteiger partial charge in [0.2, 0.25) is 0 Å². The second-order valence-electron chi connectivity index (χ2n) is 5.52. The summed E-state index contributed by atoms with van der Waals surface area (Å²) in [6, 6.07) is 5.34. The lowest BCUT2D eigenvalue weighted by molar-refractivity contribution is 0.186. The fourth-order valence-electron chi connectivity index (χ4n) is 1.44. The molecule has 3 heteroatoms. The quantitative estimate of drug-likeness (QED) is 0.875. The van der Waals surface area contributed by atoms with Crippen molar-refractivity contribution in [3.63, 3.8) is 0 Å². The molecular weight excluding hydrogens is 236 g/mol. The summed E-state index contributed by atoms with van der Waals surface area (Å²) in [5, 5.41) is 10.3. The van der Waals surface area contributed by atoms with Gasteiger partial charge < -0.3 is 9.84 Å². The molecule has 1 aromatic rings. The van der Waals surface area contributed by atoms with Crippen molar-refractivity contribution in [2.75, 3.05) is 6.61 Å². The van der Waals surface area contributed by atoms with Gasteiger partial charge in [0.25, 0.3) is 0 Å². The Morgan fingerprint density at radius 2 is 2.00 bits per heavy atom. The first-order valence-electron chi connectivity index (χ1n) is 5.90. The van der Waals surface area contributed by atoms with Gasteiger partial charge in [-0.15, -0.1) is 0 Å². The summed E-state index contributed by atoms with van der Waals surface area (Å²) in [6.07, 6.45) is 0.396. The summed E-state index contributed by atoms with van der Waals surface area (Å²) in [4.78, 5) is 0. The van der Waals surface area contributed by atoms with E-state index in [-0.39, 0.29) is 5.41 Å². The summed E-state index contributed by atoms with van der Waals surface area (Å²) in [5.41, 5.74) is 0.989. The molecule has 0 saturated carbocycles. The van der Waals surface area contributed by atoms with Crippen molar-refractivity contribution in [1.29, 1.82) is 0 Å². The highest BCUT2D eigenvalue weighted by molar-refractivity contribution is 6.30. The number of benzene rings is 1. The van der Waals surface area contributed by atoms with Crippen molar-refractivity contribution in [3.05, 3.63) is 28.8 Å². The van der Waals surface area contributed by atoms with E-state index in [1.165, 1.54) is 0 Å². The highest BCUT2D eigenvalue weighted by Gasteiger charge is 2.13. The van der Waals surface area contributed by atoms with Crippen LogP contribution >= 0.6 is 11.6 Å². The molecule has 96 valence electrons. The van der Waals surface area contributed by atoms with E-state index < -0.39 is 6.10 Å². The Hall–Kier alpha value is -0.730. The van der Waals surface area contributed by atoms with Gasteiger partial charge in [-0.05, 0) is 37.0 Å². The number of rotatable bonds is 4. The van der Waals surface area contributed by atoms with Crippen LogP contribution in [0.3, 0.4) is 0 Å². The molecule has 0 aliphatic heterocycles. The Bertz CT molecular complexity index is 367. The lowest BCUT2D eigenvalue weighted by atomic mass is 9.93. The van der Waals surface area contributed by atoms with E-state index in [2.05, 4.69) is 20.8 Å². The fraction of sp³-hybridized carbons (Fsp3) is 0.571. The van der Waals surface area contributed by atoms with E-state index in [1.54, 1.807) is 19.1 Å². The maximum atomic E-state index is 9.65. The van der Waals surface area contributed by atoms with Gasteiger partial charge in [0, 0.05) is 10.6 Å². The van der Waals surface area contributed by atoms with E-state index in [9.17, 15) is 5.11 Å². The van der Waals surface area contributed by atoms with Crippen LogP contribution in [0.15, 0.2) is 18.2 Å². The zero-order valence-corrected chi connectivity index (χ0v) is 11.7. The Kier molecular flexibility index (Phi) is 4.84. The summed E-state index contributed by atoms with van der Waals surface area (Å²) < 4.78 is 5.71. The molecule has 1 atom stereocenters. The first-order valence-corrected chi connectivity index (χ1v) is 6.28. The van der Waals surface area contributed by atoms with Gasteiger partial charge in [0.1, 0.15) is 5.75 Å². The Morgan fingerprint density at radius 3 is 2.53 bits per heavy atom. The molecule has 0 radical (unpaired) electrons. The maximum Gasteiger partial charge on any atom is 0.125 e. The standard InChI is InChI=1S/C14H21ClO2/c1-10(16)12-9-11(15)5-6-13(12)17-8-7-14(2,3)4/h5-6,9-10,16H,7-8H2,1-4H3/t10-/m1/s1. The van der Waals surface area contributed by atoms with Gasteiger partial charge in [-0.3, -0.25) is 0 Å². The minimum absolute atomic E-state index is 0.247. The van der Waals surface area contributed by atoms with Gasteiger partial charge >= 0.3 is 0 Å². The van der Waals surface area contributed by atoms with Crippen LogP contribution in [0.4, 0.5) is 0 Å². The zero-order chi connectivity index (χ0) is 13.1. The monoisotopic (exact) mass is 256 g/mol. The molecular formula is C14H21ClO2. The van der Waals surface area contributed by atoms with E-state index in [4.69, 9.17) is 16.3 Å². The van der Waals surface area contributed by atoms with Crippen molar-refractivity contribution < 1.29 is 9.84 Å². The van der Waals surface area contributed by atoms with Gasteiger partial charge in [0.15, 0.2) is 0 Å². The molecule has 0 amide bonds. The molecule has 0 aliphatic carbocycles. The minimum atomic E-state index is -0.571. The number of halogens is 1. The number of ether oxygens (including phenoxy) is 1. The van der Waals surface area contributed by atoms with Gasteiger partial charge in [-0.1, -0.05) is 32.4 Å². The summed E-state index contributed by atoms with van der Waals surface area (Å²) in [6.45, 7) is 8.88. The summed E-state index contributed by atoms with van der Waals surface area (Å²) in [7, 11) is 0. The van der Waals surface area contributed by atoms with E-state index in [0.717, 1.165) is 12.0 Å². The number of aliphatic hydroxyl groups is 1. The SMILES string of the molecule is C[C@@H](O)c1cc(Cl)ccc1OCCC(C)(C)C. The van der Waals surface area contributed by atoms with Crippen molar-refractivity contribution in [3.8, 4) is 5.75 Å². The van der Waals surface area contributed by atoms with Crippen LogP contribution in [0.25, 0.3) is 0 Å². The third-order valence-corrected chi connectivity index (χ3v) is 2.77. The molecule has 0 bridgehead atoms. The third-order valence-electron chi connectivity index (χ3n) is 2.53. The Labute approximate surface area is 109 Å².